The molecule has 0 spiro atoms. The van der Waals surface area contributed by atoms with Crippen LogP contribution in [0.25, 0.3) is 11.1 Å². The van der Waals surface area contributed by atoms with Gasteiger partial charge < -0.3 is 9.47 Å². The highest BCUT2D eigenvalue weighted by atomic mass is 32.2. The molecule has 0 saturated heterocycles. The van der Waals surface area contributed by atoms with E-state index in [1.54, 1.807) is 13.8 Å². The molecule has 0 unspecified atom stereocenters. The van der Waals surface area contributed by atoms with Crippen LogP contribution in [0.2, 0.25) is 0 Å². The molecule has 0 amide bonds. The molecule has 2 aromatic carbocycles. The number of hydrogen-bond acceptors (Lipinski definition) is 4. The Morgan fingerprint density at radius 2 is 1.31 bits per heavy atom. The molecule has 0 aromatic heterocycles. The first kappa shape index (κ1) is 26.3. The van der Waals surface area contributed by atoms with Crippen LogP contribution in [0.1, 0.15) is 78.6 Å². The predicted molar refractivity (Wildman–Crippen MR) is 137 cm³/mol. The van der Waals surface area contributed by atoms with Gasteiger partial charge in [-0.1, -0.05) is 82.6 Å². The fraction of sp³-hybridized carbons (Fsp3) is 0.536. The number of ether oxygens (including phenoxy) is 2. The minimum atomic E-state index is -0.608. The number of carbonyl (C=O) groups is 1. The van der Waals surface area contributed by atoms with Crippen molar-refractivity contribution in [2.75, 3.05) is 12.4 Å². The number of rotatable bonds is 16. The Kier molecular flexibility index (Phi) is 13.0. The molecule has 4 heteroatoms. The van der Waals surface area contributed by atoms with E-state index in [1.807, 2.05) is 36.0 Å². The second-order valence-electron chi connectivity index (χ2n) is 8.24. The topological polar surface area (TPSA) is 35.5 Å². The third kappa shape index (κ3) is 10.1. The van der Waals surface area contributed by atoms with Gasteiger partial charge in [-0.15, -0.1) is 11.8 Å². The van der Waals surface area contributed by atoms with Crippen molar-refractivity contribution in [2.45, 2.75) is 89.6 Å². The summed E-state index contributed by atoms with van der Waals surface area (Å²) in [6, 6.07) is 16.6. The quantitative estimate of drug-likeness (QED) is 0.144. The van der Waals surface area contributed by atoms with Gasteiger partial charge in [-0.05, 0) is 61.4 Å². The zero-order valence-electron chi connectivity index (χ0n) is 20.1. The van der Waals surface area contributed by atoms with E-state index in [1.165, 1.54) is 74.0 Å². The van der Waals surface area contributed by atoms with Gasteiger partial charge in [0.15, 0.2) is 6.10 Å². The number of esters is 1. The van der Waals surface area contributed by atoms with E-state index in [9.17, 15) is 4.79 Å². The highest BCUT2D eigenvalue weighted by Gasteiger charge is 2.15. The Morgan fingerprint density at radius 3 is 1.88 bits per heavy atom. The molecule has 32 heavy (non-hydrogen) atoms. The maximum Gasteiger partial charge on any atom is 0.347 e. The van der Waals surface area contributed by atoms with Crippen LogP contribution in [0.15, 0.2) is 53.4 Å². The van der Waals surface area contributed by atoms with E-state index in [2.05, 4.69) is 31.2 Å². The van der Waals surface area contributed by atoms with Crippen molar-refractivity contribution in [1.29, 1.82) is 0 Å². The largest absolute Gasteiger partial charge is 0.479 e. The molecule has 0 radical (unpaired) electrons. The number of carbonyl (C=O) groups excluding carboxylic acids is 1. The molecule has 2 aromatic rings. The Balaban J connectivity index is 1.68. The number of thioether (sulfide) groups is 1. The van der Waals surface area contributed by atoms with Crippen LogP contribution in [0.4, 0.5) is 0 Å². The summed E-state index contributed by atoms with van der Waals surface area (Å²) in [4.78, 5) is 13.0. The van der Waals surface area contributed by atoms with Gasteiger partial charge in [0, 0.05) is 4.90 Å². The summed E-state index contributed by atoms with van der Waals surface area (Å²) in [7, 11) is 0. The average molecular weight is 457 g/mol. The maximum atomic E-state index is 11.7. The van der Waals surface area contributed by atoms with E-state index in [0.29, 0.717) is 12.4 Å². The lowest BCUT2D eigenvalue weighted by molar-refractivity contribution is -0.150. The van der Waals surface area contributed by atoms with Crippen LogP contribution in [0.3, 0.4) is 0 Å². The number of benzene rings is 2. The van der Waals surface area contributed by atoms with E-state index < -0.39 is 6.10 Å². The second-order valence-corrected chi connectivity index (χ2v) is 9.41. The molecular weight excluding hydrogens is 416 g/mol. The summed E-state index contributed by atoms with van der Waals surface area (Å²) in [5.41, 5.74) is 2.32. The van der Waals surface area contributed by atoms with Crippen LogP contribution < -0.4 is 4.74 Å². The second kappa shape index (κ2) is 15.8. The van der Waals surface area contributed by atoms with Gasteiger partial charge in [-0.25, -0.2) is 4.79 Å². The molecule has 0 N–H and O–H groups in total. The van der Waals surface area contributed by atoms with Crippen molar-refractivity contribution in [2.24, 2.45) is 0 Å². The van der Waals surface area contributed by atoms with E-state index in [4.69, 9.17) is 9.47 Å². The third-order valence-corrected chi connectivity index (χ3v) is 6.59. The Labute approximate surface area is 199 Å². The van der Waals surface area contributed by atoms with E-state index in [-0.39, 0.29) is 5.97 Å². The molecule has 2 rings (SSSR count). The summed E-state index contributed by atoms with van der Waals surface area (Å²) in [5.74, 6) is 1.52. The molecule has 0 aliphatic carbocycles. The molecule has 0 bridgehead atoms. The monoisotopic (exact) mass is 456 g/mol. The van der Waals surface area contributed by atoms with Gasteiger partial charge in [0.1, 0.15) is 5.75 Å². The normalized spacial score (nSPS) is 11.8. The molecule has 1 atom stereocenters. The Bertz CT molecular complexity index is 755. The molecule has 0 saturated carbocycles. The van der Waals surface area contributed by atoms with Crippen molar-refractivity contribution in [3.63, 3.8) is 0 Å². The summed E-state index contributed by atoms with van der Waals surface area (Å²) >= 11 is 1.95. The Morgan fingerprint density at radius 1 is 0.781 bits per heavy atom. The smallest absolute Gasteiger partial charge is 0.347 e. The van der Waals surface area contributed by atoms with E-state index >= 15 is 0 Å². The highest BCUT2D eigenvalue weighted by molar-refractivity contribution is 7.99. The van der Waals surface area contributed by atoms with Crippen LogP contribution in [0, 0.1) is 0 Å². The Hall–Kier alpha value is -1.94. The lowest BCUT2D eigenvalue weighted by Crippen LogP contribution is -2.25. The molecule has 0 aliphatic rings. The number of hydrogen-bond donors (Lipinski definition) is 0. The van der Waals surface area contributed by atoms with Crippen LogP contribution in [-0.2, 0) is 9.53 Å². The minimum Gasteiger partial charge on any atom is -0.479 e. The van der Waals surface area contributed by atoms with Crippen molar-refractivity contribution in [3.05, 3.63) is 48.5 Å². The summed E-state index contributed by atoms with van der Waals surface area (Å²) in [6.07, 6.45) is 11.8. The van der Waals surface area contributed by atoms with Crippen molar-refractivity contribution in [3.8, 4) is 16.9 Å². The number of unbranched alkanes of at least 4 members (excludes halogenated alkanes) is 8. The molecule has 0 aliphatic heterocycles. The fourth-order valence-corrected chi connectivity index (χ4v) is 4.50. The van der Waals surface area contributed by atoms with Crippen LogP contribution in [0.5, 0.6) is 5.75 Å². The SMILES string of the molecule is CCCCCCCCCCCSc1ccc(-c2ccc(O[C@H](C)C(=O)OCC)cc2)cc1. The minimum absolute atomic E-state index is 0.341. The van der Waals surface area contributed by atoms with Crippen molar-refractivity contribution < 1.29 is 14.3 Å². The lowest BCUT2D eigenvalue weighted by atomic mass is 10.1. The summed E-state index contributed by atoms with van der Waals surface area (Å²) < 4.78 is 10.6. The molecular formula is C28H40O3S. The average Bonchev–Trinajstić information content (AvgIpc) is 2.81. The lowest BCUT2D eigenvalue weighted by Gasteiger charge is -2.13. The maximum absolute atomic E-state index is 11.7. The zero-order valence-corrected chi connectivity index (χ0v) is 20.9. The van der Waals surface area contributed by atoms with Crippen LogP contribution >= 0.6 is 11.8 Å². The predicted octanol–water partition coefficient (Wildman–Crippen LogP) is 8.31. The first-order valence-electron chi connectivity index (χ1n) is 12.3. The molecule has 3 nitrogen and oxygen atoms in total. The van der Waals surface area contributed by atoms with Crippen LogP contribution in [-0.4, -0.2) is 24.4 Å². The molecule has 0 heterocycles. The van der Waals surface area contributed by atoms with Gasteiger partial charge in [0.2, 0.25) is 0 Å². The zero-order chi connectivity index (χ0) is 23.0. The van der Waals surface area contributed by atoms with Gasteiger partial charge in [0.25, 0.3) is 0 Å². The molecule has 176 valence electrons. The highest BCUT2D eigenvalue weighted by Crippen LogP contribution is 2.27. The molecule has 0 fully saturated rings. The van der Waals surface area contributed by atoms with Crippen molar-refractivity contribution in [1.82, 2.24) is 0 Å². The third-order valence-electron chi connectivity index (χ3n) is 5.49. The van der Waals surface area contributed by atoms with Gasteiger partial charge >= 0.3 is 5.97 Å². The first-order chi connectivity index (χ1) is 15.6. The first-order valence-corrected chi connectivity index (χ1v) is 13.3. The van der Waals surface area contributed by atoms with Crippen molar-refractivity contribution >= 4 is 17.7 Å². The summed E-state index contributed by atoms with van der Waals surface area (Å²) in [5, 5.41) is 0. The van der Waals surface area contributed by atoms with E-state index in [0.717, 1.165) is 5.56 Å². The fourth-order valence-electron chi connectivity index (χ4n) is 3.58. The summed E-state index contributed by atoms with van der Waals surface area (Å²) in [6.45, 7) is 6.13. The van der Waals surface area contributed by atoms with Gasteiger partial charge in [-0.3, -0.25) is 0 Å². The van der Waals surface area contributed by atoms with Gasteiger partial charge in [-0.2, -0.15) is 0 Å². The van der Waals surface area contributed by atoms with Gasteiger partial charge in [0.05, 0.1) is 6.61 Å². The standard InChI is InChI=1S/C28H40O3S/c1-4-6-7-8-9-10-11-12-13-22-32-27-20-16-25(17-21-27)24-14-18-26(19-15-24)31-23(3)28(29)30-5-2/h14-21,23H,4-13,22H2,1-3H3/t23-/m1/s1.